The van der Waals surface area contributed by atoms with Gasteiger partial charge in [-0.3, -0.25) is 0 Å². The normalized spacial score (nSPS) is 10.4. The van der Waals surface area contributed by atoms with Crippen LogP contribution in [-0.2, 0) is 0 Å². The monoisotopic (exact) mass is 364 g/mol. The summed E-state index contributed by atoms with van der Waals surface area (Å²) in [5.74, 6) is 0.236. The third-order valence-corrected chi connectivity index (χ3v) is 3.78. The van der Waals surface area contributed by atoms with Crippen LogP contribution in [0.15, 0.2) is 36.4 Å². The Kier molecular flexibility index (Phi) is 3.62. The van der Waals surface area contributed by atoms with E-state index in [0.717, 1.165) is 14.7 Å². The van der Waals surface area contributed by atoms with Crippen LogP contribution in [0.5, 0.6) is 5.75 Å². The van der Waals surface area contributed by atoms with Crippen molar-refractivity contribution in [2.45, 2.75) is 0 Å². The van der Waals surface area contributed by atoms with Crippen LogP contribution >= 0.6 is 45.8 Å². The zero-order chi connectivity index (χ0) is 11.7. The van der Waals surface area contributed by atoms with Crippen LogP contribution in [0.4, 0.5) is 0 Å². The number of benzene rings is 2. The van der Waals surface area contributed by atoms with E-state index in [-0.39, 0.29) is 5.75 Å². The molecule has 0 aliphatic rings. The lowest BCUT2D eigenvalue weighted by molar-refractivity contribution is 0.475. The molecule has 0 saturated carbocycles. The highest BCUT2D eigenvalue weighted by molar-refractivity contribution is 14.1. The average molecular weight is 365 g/mol. The number of aromatic hydroxyl groups is 1. The van der Waals surface area contributed by atoms with Gasteiger partial charge in [-0.05, 0) is 58.0 Å². The molecule has 0 fully saturated rings. The van der Waals surface area contributed by atoms with Gasteiger partial charge in [0.1, 0.15) is 5.75 Å². The third-order valence-electron chi connectivity index (χ3n) is 2.17. The number of hydrogen-bond donors (Lipinski definition) is 1. The summed E-state index contributed by atoms with van der Waals surface area (Å²) in [6.45, 7) is 0. The molecule has 0 unspecified atom stereocenters. The van der Waals surface area contributed by atoms with E-state index in [2.05, 4.69) is 22.6 Å². The molecule has 0 heterocycles. The molecule has 0 atom stereocenters. The average Bonchev–Trinajstić information content (AvgIpc) is 2.23. The van der Waals surface area contributed by atoms with Crippen molar-refractivity contribution >= 4 is 45.8 Å². The number of rotatable bonds is 1. The van der Waals surface area contributed by atoms with E-state index >= 15 is 0 Å². The van der Waals surface area contributed by atoms with Gasteiger partial charge in [0.2, 0.25) is 0 Å². The Hall–Kier alpha value is -0.450. The number of hydrogen-bond acceptors (Lipinski definition) is 1. The summed E-state index contributed by atoms with van der Waals surface area (Å²) in [6.07, 6.45) is 0. The molecular formula is C12H7Cl2IO. The van der Waals surface area contributed by atoms with Crippen LogP contribution in [0.2, 0.25) is 10.0 Å². The molecule has 0 aliphatic carbocycles. The Bertz CT molecular complexity index is 541. The number of phenolic OH excluding ortho intramolecular Hbond substituents is 1. The van der Waals surface area contributed by atoms with Crippen LogP contribution in [0.3, 0.4) is 0 Å². The fraction of sp³-hybridized carbons (Fsp3) is 0. The summed E-state index contributed by atoms with van der Waals surface area (Å²) >= 11 is 14.1. The SMILES string of the molecule is Oc1cccc(-c2cc(Cl)c(Cl)cc2I)c1. The molecule has 16 heavy (non-hydrogen) atoms. The minimum absolute atomic E-state index is 0.236. The predicted molar refractivity (Wildman–Crippen MR) is 76.3 cm³/mol. The summed E-state index contributed by atoms with van der Waals surface area (Å²) in [5, 5.41) is 10.5. The second-order valence-electron chi connectivity index (χ2n) is 3.30. The van der Waals surface area contributed by atoms with E-state index in [9.17, 15) is 5.11 Å². The van der Waals surface area contributed by atoms with Crippen LogP contribution in [0.1, 0.15) is 0 Å². The highest BCUT2D eigenvalue weighted by atomic mass is 127. The zero-order valence-electron chi connectivity index (χ0n) is 8.05. The predicted octanol–water partition coefficient (Wildman–Crippen LogP) is 4.97. The molecule has 1 nitrogen and oxygen atoms in total. The lowest BCUT2D eigenvalue weighted by Crippen LogP contribution is -1.84. The Balaban J connectivity index is 2.60. The maximum Gasteiger partial charge on any atom is 0.116 e. The first-order valence-electron chi connectivity index (χ1n) is 4.52. The van der Waals surface area contributed by atoms with E-state index in [1.165, 1.54) is 0 Å². The molecule has 2 aromatic carbocycles. The third kappa shape index (κ3) is 2.44. The van der Waals surface area contributed by atoms with Gasteiger partial charge in [-0.1, -0.05) is 35.3 Å². The van der Waals surface area contributed by atoms with Gasteiger partial charge in [0.25, 0.3) is 0 Å². The van der Waals surface area contributed by atoms with E-state index in [0.29, 0.717) is 10.0 Å². The minimum atomic E-state index is 0.236. The number of halogens is 3. The van der Waals surface area contributed by atoms with Crippen molar-refractivity contribution in [2.24, 2.45) is 0 Å². The van der Waals surface area contributed by atoms with E-state index in [4.69, 9.17) is 23.2 Å². The highest BCUT2D eigenvalue weighted by Gasteiger charge is 2.07. The maximum absolute atomic E-state index is 9.43. The molecule has 0 radical (unpaired) electrons. The maximum atomic E-state index is 9.43. The Labute approximate surface area is 117 Å². The van der Waals surface area contributed by atoms with Crippen molar-refractivity contribution in [3.63, 3.8) is 0 Å². The fourth-order valence-electron chi connectivity index (χ4n) is 1.42. The van der Waals surface area contributed by atoms with Crippen molar-refractivity contribution in [3.05, 3.63) is 50.0 Å². The lowest BCUT2D eigenvalue weighted by atomic mass is 10.1. The molecule has 2 rings (SSSR count). The molecule has 0 spiro atoms. The van der Waals surface area contributed by atoms with Gasteiger partial charge in [-0.15, -0.1) is 0 Å². The standard InChI is InChI=1S/C12H7Cl2IO/c13-10-5-9(12(15)6-11(10)14)7-2-1-3-8(16)4-7/h1-6,16H. The Morgan fingerprint density at radius 3 is 2.38 bits per heavy atom. The molecule has 82 valence electrons. The molecule has 0 aliphatic heterocycles. The molecule has 0 amide bonds. The first-order chi connectivity index (χ1) is 7.58. The summed E-state index contributed by atoms with van der Waals surface area (Å²) in [5.41, 5.74) is 1.88. The molecule has 0 saturated heterocycles. The van der Waals surface area contributed by atoms with Gasteiger partial charge in [0, 0.05) is 3.57 Å². The van der Waals surface area contributed by atoms with Crippen molar-refractivity contribution in [1.82, 2.24) is 0 Å². The van der Waals surface area contributed by atoms with Gasteiger partial charge >= 0.3 is 0 Å². The fourth-order valence-corrected chi connectivity index (χ4v) is 2.71. The molecular weight excluding hydrogens is 358 g/mol. The topological polar surface area (TPSA) is 20.2 Å². The first kappa shape index (κ1) is 12.0. The van der Waals surface area contributed by atoms with Crippen LogP contribution in [0, 0.1) is 3.57 Å². The Morgan fingerprint density at radius 2 is 1.69 bits per heavy atom. The van der Waals surface area contributed by atoms with E-state index in [1.54, 1.807) is 24.3 Å². The zero-order valence-corrected chi connectivity index (χ0v) is 11.7. The van der Waals surface area contributed by atoms with E-state index in [1.807, 2.05) is 12.1 Å². The van der Waals surface area contributed by atoms with Crippen LogP contribution in [-0.4, -0.2) is 5.11 Å². The molecule has 1 N–H and O–H groups in total. The molecule has 0 aromatic heterocycles. The molecule has 2 aromatic rings. The number of phenols is 1. The first-order valence-corrected chi connectivity index (χ1v) is 6.35. The minimum Gasteiger partial charge on any atom is -0.508 e. The van der Waals surface area contributed by atoms with Gasteiger partial charge in [0.05, 0.1) is 10.0 Å². The summed E-state index contributed by atoms with van der Waals surface area (Å²) in [6, 6.07) is 10.7. The van der Waals surface area contributed by atoms with Crippen LogP contribution in [0.25, 0.3) is 11.1 Å². The van der Waals surface area contributed by atoms with Crippen molar-refractivity contribution in [3.8, 4) is 16.9 Å². The summed E-state index contributed by atoms with van der Waals surface area (Å²) in [7, 11) is 0. The van der Waals surface area contributed by atoms with Gasteiger partial charge in [-0.25, -0.2) is 0 Å². The highest BCUT2D eigenvalue weighted by Crippen LogP contribution is 2.34. The van der Waals surface area contributed by atoms with Crippen LogP contribution < -0.4 is 0 Å². The van der Waals surface area contributed by atoms with Crippen molar-refractivity contribution in [1.29, 1.82) is 0 Å². The largest absolute Gasteiger partial charge is 0.508 e. The van der Waals surface area contributed by atoms with Crippen molar-refractivity contribution < 1.29 is 5.11 Å². The van der Waals surface area contributed by atoms with Gasteiger partial charge in [0.15, 0.2) is 0 Å². The second kappa shape index (κ2) is 4.82. The van der Waals surface area contributed by atoms with E-state index < -0.39 is 0 Å². The molecule has 0 bridgehead atoms. The van der Waals surface area contributed by atoms with Crippen molar-refractivity contribution in [2.75, 3.05) is 0 Å². The Morgan fingerprint density at radius 1 is 1.00 bits per heavy atom. The quantitative estimate of drug-likeness (QED) is 0.559. The lowest BCUT2D eigenvalue weighted by Gasteiger charge is -2.07. The molecule has 4 heteroatoms. The van der Waals surface area contributed by atoms with Gasteiger partial charge in [-0.2, -0.15) is 0 Å². The van der Waals surface area contributed by atoms with Gasteiger partial charge < -0.3 is 5.11 Å². The summed E-state index contributed by atoms with van der Waals surface area (Å²) in [4.78, 5) is 0. The smallest absolute Gasteiger partial charge is 0.116 e. The second-order valence-corrected chi connectivity index (χ2v) is 5.27. The summed E-state index contributed by atoms with van der Waals surface area (Å²) < 4.78 is 0.998.